The van der Waals surface area contributed by atoms with Crippen molar-refractivity contribution in [3.8, 4) is 0 Å². The molecule has 18 heavy (non-hydrogen) atoms. The first kappa shape index (κ1) is 13.1. The lowest BCUT2D eigenvalue weighted by Gasteiger charge is -2.13. The Hall–Kier alpha value is -1.29. The van der Waals surface area contributed by atoms with E-state index in [0.717, 1.165) is 23.3 Å². The van der Waals surface area contributed by atoms with Crippen molar-refractivity contribution in [1.82, 2.24) is 14.5 Å². The zero-order valence-electron chi connectivity index (χ0n) is 11.0. The second-order valence-corrected chi connectivity index (χ2v) is 5.61. The Balaban J connectivity index is 2.08. The largest absolute Gasteiger partial charge is 0.367 e. The van der Waals surface area contributed by atoms with E-state index >= 15 is 0 Å². The lowest BCUT2D eigenvalue weighted by molar-refractivity contribution is 0.572. The van der Waals surface area contributed by atoms with E-state index in [1.165, 1.54) is 0 Å². The minimum atomic E-state index is 0.116. The van der Waals surface area contributed by atoms with E-state index in [0.29, 0.717) is 12.5 Å². The maximum absolute atomic E-state index is 6.27. The van der Waals surface area contributed by atoms with Gasteiger partial charge in [0.2, 0.25) is 0 Å². The number of nitrogens with one attached hydrogen (secondary N) is 1. The van der Waals surface area contributed by atoms with Gasteiger partial charge in [-0.2, -0.15) is 0 Å². The molecule has 2 rings (SSSR count). The van der Waals surface area contributed by atoms with E-state index in [9.17, 15) is 0 Å². The molecule has 0 saturated carbocycles. The molecule has 0 aliphatic rings. The number of alkyl halides is 1. The van der Waals surface area contributed by atoms with Crippen LogP contribution in [0.5, 0.6) is 0 Å². The van der Waals surface area contributed by atoms with Crippen LogP contribution in [0.4, 0.5) is 5.82 Å². The highest BCUT2D eigenvalue weighted by molar-refractivity contribution is 6.20. The molecule has 0 amide bonds. The van der Waals surface area contributed by atoms with Crippen molar-refractivity contribution >= 4 is 28.5 Å². The summed E-state index contributed by atoms with van der Waals surface area (Å²) in [6.07, 6.45) is 4.58. The molecule has 2 aromatic heterocycles. The number of hydrogen-bond acceptors (Lipinski definition) is 3. The Morgan fingerprint density at radius 2 is 2.17 bits per heavy atom. The van der Waals surface area contributed by atoms with Gasteiger partial charge in [0.25, 0.3) is 0 Å². The standard InChI is InChI=1S/C13H19ClN4/c1-9(2)6-10(14)7-16-13-12-11(4-5-15-13)18(3)8-17-12/h4-5,8-10H,6-7H2,1-3H3,(H,15,16). The van der Waals surface area contributed by atoms with Crippen LogP contribution >= 0.6 is 11.6 Å². The molecule has 0 radical (unpaired) electrons. The van der Waals surface area contributed by atoms with Crippen molar-refractivity contribution in [1.29, 1.82) is 0 Å². The summed E-state index contributed by atoms with van der Waals surface area (Å²) in [5.41, 5.74) is 1.97. The van der Waals surface area contributed by atoms with Crippen molar-refractivity contribution in [3.63, 3.8) is 0 Å². The molecule has 2 aromatic rings. The molecule has 1 unspecified atom stereocenters. The molecule has 98 valence electrons. The van der Waals surface area contributed by atoms with Crippen molar-refractivity contribution in [3.05, 3.63) is 18.6 Å². The summed E-state index contributed by atoms with van der Waals surface area (Å²) in [5, 5.41) is 3.40. The Morgan fingerprint density at radius 3 is 2.89 bits per heavy atom. The smallest absolute Gasteiger partial charge is 0.154 e. The van der Waals surface area contributed by atoms with Gasteiger partial charge in [0.1, 0.15) is 5.52 Å². The van der Waals surface area contributed by atoms with Crippen molar-refractivity contribution in [2.24, 2.45) is 13.0 Å². The van der Waals surface area contributed by atoms with E-state index in [1.807, 2.05) is 17.7 Å². The van der Waals surface area contributed by atoms with Gasteiger partial charge in [0, 0.05) is 19.8 Å². The molecule has 4 nitrogen and oxygen atoms in total. The van der Waals surface area contributed by atoms with E-state index in [2.05, 4.69) is 29.1 Å². The van der Waals surface area contributed by atoms with E-state index in [4.69, 9.17) is 11.6 Å². The zero-order valence-corrected chi connectivity index (χ0v) is 11.8. The average molecular weight is 267 g/mol. The van der Waals surface area contributed by atoms with E-state index in [1.54, 1.807) is 12.5 Å². The molecule has 0 aliphatic carbocycles. The molecule has 0 bridgehead atoms. The van der Waals surface area contributed by atoms with Gasteiger partial charge < -0.3 is 9.88 Å². The van der Waals surface area contributed by atoms with Crippen molar-refractivity contribution in [2.75, 3.05) is 11.9 Å². The Labute approximate surface area is 112 Å². The monoisotopic (exact) mass is 266 g/mol. The zero-order chi connectivity index (χ0) is 13.1. The topological polar surface area (TPSA) is 42.7 Å². The summed E-state index contributed by atoms with van der Waals surface area (Å²) >= 11 is 6.27. The fourth-order valence-electron chi connectivity index (χ4n) is 1.99. The SMILES string of the molecule is CC(C)CC(Cl)CNc1nccc2c1ncn2C. The lowest BCUT2D eigenvalue weighted by Crippen LogP contribution is -2.17. The van der Waals surface area contributed by atoms with Gasteiger partial charge in [-0.15, -0.1) is 11.6 Å². The highest BCUT2D eigenvalue weighted by atomic mass is 35.5. The molecule has 1 N–H and O–H groups in total. The number of aromatic nitrogens is 3. The summed E-state index contributed by atoms with van der Waals surface area (Å²) in [6, 6.07) is 1.96. The Bertz CT molecular complexity index is 521. The molecule has 2 heterocycles. The number of fused-ring (bicyclic) bond motifs is 1. The van der Waals surface area contributed by atoms with Crippen LogP contribution < -0.4 is 5.32 Å². The lowest BCUT2D eigenvalue weighted by atomic mass is 10.1. The van der Waals surface area contributed by atoms with Gasteiger partial charge in [-0.25, -0.2) is 9.97 Å². The molecular formula is C13H19ClN4. The second kappa shape index (κ2) is 5.57. The summed E-state index contributed by atoms with van der Waals surface area (Å²) in [5.74, 6) is 1.41. The first-order chi connectivity index (χ1) is 8.58. The van der Waals surface area contributed by atoms with Crippen LogP contribution in [0.2, 0.25) is 0 Å². The number of pyridine rings is 1. The van der Waals surface area contributed by atoms with Gasteiger partial charge >= 0.3 is 0 Å². The maximum atomic E-state index is 6.27. The van der Waals surface area contributed by atoms with Crippen LogP contribution in [-0.4, -0.2) is 26.5 Å². The van der Waals surface area contributed by atoms with Gasteiger partial charge in [-0.1, -0.05) is 13.8 Å². The predicted molar refractivity (Wildman–Crippen MR) is 76.1 cm³/mol. The van der Waals surface area contributed by atoms with Crippen LogP contribution in [0.1, 0.15) is 20.3 Å². The van der Waals surface area contributed by atoms with E-state index in [-0.39, 0.29) is 5.38 Å². The Kier molecular flexibility index (Phi) is 4.07. The van der Waals surface area contributed by atoms with Crippen molar-refractivity contribution < 1.29 is 0 Å². The molecule has 0 saturated heterocycles. The number of imidazole rings is 1. The number of aryl methyl sites for hydroxylation is 1. The number of nitrogens with zero attached hydrogens (tertiary/aromatic N) is 3. The number of halogens is 1. The van der Waals surface area contributed by atoms with Gasteiger partial charge in [-0.05, 0) is 18.4 Å². The normalized spacial score (nSPS) is 13.2. The van der Waals surface area contributed by atoms with Crippen LogP contribution in [0.25, 0.3) is 11.0 Å². The highest BCUT2D eigenvalue weighted by Crippen LogP contribution is 2.19. The fraction of sp³-hybridized carbons (Fsp3) is 0.538. The molecule has 0 fully saturated rings. The van der Waals surface area contributed by atoms with E-state index < -0.39 is 0 Å². The molecule has 0 aromatic carbocycles. The van der Waals surface area contributed by atoms with Crippen LogP contribution in [0.3, 0.4) is 0 Å². The first-order valence-electron chi connectivity index (χ1n) is 6.22. The molecule has 0 spiro atoms. The minimum absolute atomic E-state index is 0.116. The van der Waals surface area contributed by atoms with Crippen molar-refractivity contribution in [2.45, 2.75) is 25.6 Å². The first-order valence-corrected chi connectivity index (χ1v) is 6.65. The fourth-order valence-corrected chi connectivity index (χ4v) is 2.43. The predicted octanol–water partition coefficient (Wildman–Crippen LogP) is 3.03. The van der Waals surface area contributed by atoms with Gasteiger partial charge in [0.05, 0.1) is 17.2 Å². The molecule has 0 aliphatic heterocycles. The summed E-state index contributed by atoms with van der Waals surface area (Å²) < 4.78 is 1.98. The minimum Gasteiger partial charge on any atom is -0.367 e. The van der Waals surface area contributed by atoms with Crippen LogP contribution in [0.15, 0.2) is 18.6 Å². The summed E-state index contributed by atoms with van der Waals surface area (Å²) in [6.45, 7) is 5.06. The van der Waals surface area contributed by atoms with Crippen LogP contribution in [-0.2, 0) is 7.05 Å². The quantitative estimate of drug-likeness (QED) is 0.846. The highest BCUT2D eigenvalue weighted by Gasteiger charge is 2.10. The number of rotatable bonds is 5. The second-order valence-electron chi connectivity index (χ2n) is 4.99. The molecule has 1 atom stereocenters. The Morgan fingerprint density at radius 1 is 1.39 bits per heavy atom. The van der Waals surface area contributed by atoms with Gasteiger partial charge in [0.15, 0.2) is 5.82 Å². The molecule has 5 heteroatoms. The maximum Gasteiger partial charge on any atom is 0.154 e. The third-order valence-corrected chi connectivity index (χ3v) is 3.19. The third-order valence-electron chi connectivity index (χ3n) is 2.86. The number of hydrogen-bond donors (Lipinski definition) is 1. The summed E-state index contributed by atoms with van der Waals surface area (Å²) in [4.78, 5) is 8.68. The average Bonchev–Trinajstić information content (AvgIpc) is 2.68. The number of anilines is 1. The molecular weight excluding hydrogens is 248 g/mol. The van der Waals surface area contributed by atoms with Gasteiger partial charge in [-0.3, -0.25) is 0 Å². The summed E-state index contributed by atoms with van der Waals surface area (Å²) in [7, 11) is 1.97. The van der Waals surface area contributed by atoms with Crippen LogP contribution in [0, 0.1) is 5.92 Å². The third kappa shape index (κ3) is 2.93.